The molecule has 1 aromatic carbocycles. The summed E-state index contributed by atoms with van der Waals surface area (Å²) in [6.45, 7) is 7.57. The maximum absolute atomic E-state index is 10.8. The van der Waals surface area contributed by atoms with Crippen LogP contribution in [0.1, 0.15) is 31.9 Å². The first-order valence-corrected chi connectivity index (χ1v) is 5.92. The van der Waals surface area contributed by atoms with Crippen molar-refractivity contribution in [3.63, 3.8) is 0 Å². The predicted octanol–water partition coefficient (Wildman–Crippen LogP) is 2.15. The van der Waals surface area contributed by atoms with E-state index in [1.807, 2.05) is 13.0 Å². The topological polar surface area (TPSA) is 75.4 Å². The van der Waals surface area contributed by atoms with Gasteiger partial charge in [0.15, 0.2) is 0 Å². The first kappa shape index (κ1) is 14.6. The van der Waals surface area contributed by atoms with Crippen LogP contribution in [0.4, 0.5) is 5.69 Å². The molecule has 18 heavy (non-hydrogen) atoms. The zero-order chi connectivity index (χ0) is 13.9. The summed E-state index contributed by atoms with van der Waals surface area (Å²) in [5, 5.41) is 23.8. The minimum absolute atomic E-state index is 0.101. The molecule has 1 atom stereocenters. The molecular formula is C13H20N2O3. The molecule has 0 aliphatic rings. The Morgan fingerprint density at radius 2 is 2.11 bits per heavy atom. The molecule has 1 rings (SSSR count). The summed E-state index contributed by atoms with van der Waals surface area (Å²) >= 11 is 0. The Hall–Kier alpha value is -1.46. The summed E-state index contributed by atoms with van der Waals surface area (Å²) in [6.07, 6.45) is 0. The number of aliphatic hydroxyl groups is 1. The van der Waals surface area contributed by atoms with Crippen LogP contribution in [0.15, 0.2) is 18.2 Å². The number of nitro groups is 1. The number of nitro benzene ring substituents is 1. The van der Waals surface area contributed by atoms with Crippen molar-refractivity contribution in [1.82, 2.24) is 5.32 Å². The average molecular weight is 252 g/mol. The van der Waals surface area contributed by atoms with E-state index in [-0.39, 0.29) is 16.7 Å². The van der Waals surface area contributed by atoms with Crippen LogP contribution < -0.4 is 5.32 Å². The second-order valence-corrected chi connectivity index (χ2v) is 5.07. The van der Waals surface area contributed by atoms with Crippen molar-refractivity contribution in [3.8, 4) is 0 Å². The van der Waals surface area contributed by atoms with Crippen LogP contribution in [-0.4, -0.2) is 21.7 Å². The number of hydrogen-bond donors (Lipinski definition) is 2. The highest BCUT2D eigenvalue weighted by Crippen LogP contribution is 2.21. The molecule has 5 heteroatoms. The number of nitrogens with one attached hydrogen (secondary N) is 1. The van der Waals surface area contributed by atoms with Gasteiger partial charge >= 0.3 is 0 Å². The van der Waals surface area contributed by atoms with Gasteiger partial charge in [0.2, 0.25) is 0 Å². The lowest BCUT2D eigenvalue weighted by Crippen LogP contribution is -2.44. The van der Waals surface area contributed by atoms with E-state index < -0.39 is 5.60 Å². The minimum Gasteiger partial charge on any atom is -0.389 e. The Kier molecular flexibility index (Phi) is 4.43. The second-order valence-electron chi connectivity index (χ2n) is 5.07. The van der Waals surface area contributed by atoms with Crippen molar-refractivity contribution < 1.29 is 10.0 Å². The van der Waals surface area contributed by atoms with E-state index in [1.165, 1.54) is 6.07 Å². The standard InChI is InChI=1S/C13H20N2O3/c1-9-11(6-5-7-12(9)15(17)18)8-14-10(2)13(3,4)16/h5-7,10,14,16H,8H2,1-4H3. The van der Waals surface area contributed by atoms with Gasteiger partial charge < -0.3 is 10.4 Å². The predicted molar refractivity (Wildman–Crippen MR) is 70.4 cm³/mol. The van der Waals surface area contributed by atoms with Crippen molar-refractivity contribution in [2.45, 2.75) is 45.9 Å². The molecule has 2 N–H and O–H groups in total. The van der Waals surface area contributed by atoms with E-state index in [4.69, 9.17) is 0 Å². The molecule has 0 saturated carbocycles. The van der Waals surface area contributed by atoms with E-state index in [9.17, 15) is 15.2 Å². The fraction of sp³-hybridized carbons (Fsp3) is 0.538. The van der Waals surface area contributed by atoms with Crippen molar-refractivity contribution in [1.29, 1.82) is 0 Å². The molecule has 0 amide bonds. The number of benzene rings is 1. The maximum atomic E-state index is 10.8. The van der Waals surface area contributed by atoms with E-state index in [0.717, 1.165) is 5.56 Å². The molecular weight excluding hydrogens is 232 g/mol. The minimum atomic E-state index is -0.825. The lowest BCUT2D eigenvalue weighted by Gasteiger charge is -2.27. The van der Waals surface area contributed by atoms with Crippen LogP contribution in [-0.2, 0) is 6.54 Å². The highest BCUT2D eigenvalue weighted by molar-refractivity contribution is 5.44. The quantitative estimate of drug-likeness (QED) is 0.622. The van der Waals surface area contributed by atoms with Crippen LogP contribution in [0.3, 0.4) is 0 Å². The lowest BCUT2D eigenvalue weighted by atomic mass is 10.00. The first-order valence-electron chi connectivity index (χ1n) is 5.92. The fourth-order valence-corrected chi connectivity index (χ4v) is 1.57. The number of hydrogen-bond acceptors (Lipinski definition) is 4. The molecule has 0 radical (unpaired) electrons. The van der Waals surface area contributed by atoms with Crippen molar-refractivity contribution >= 4 is 5.69 Å². The van der Waals surface area contributed by atoms with Gasteiger partial charge in [-0.15, -0.1) is 0 Å². The van der Waals surface area contributed by atoms with Gasteiger partial charge in [0.25, 0.3) is 5.69 Å². The maximum Gasteiger partial charge on any atom is 0.272 e. The van der Waals surface area contributed by atoms with Crippen LogP contribution in [0.5, 0.6) is 0 Å². The zero-order valence-corrected chi connectivity index (χ0v) is 11.2. The van der Waals surface area contributed by atoms with Crippen molar-refractivity contribution in [2.75, 3.05) is 0 Å². The Balaban J connectivity index is 2.81. The third-order valence-electron chi connectivity index (χ3n) is 3.27. The van der Waals surface area contributed by atoms with Gasteiger partial charge in [-0.2, -0.15) is 0 Å². The van der Waals surface area contributed by atoms with Gasteiger partial charge in [0.05, 0.1) is 10.5 Å². The van der Waals surface area contributed by atoms with Crippen LogP contribution >= 0.6 is 0 Å². The number of nitrogens with zero attached hydrogens (tertiary/aromatic N) is 1. The van der Waals surface area contributed by atoms with Gasteiger partial charge in [-0.05, 0) is 33.3 Å². The molecule has 0 spiro atoms. The van der Waals surface area contributed by atoms with Crippen molar-refractivity contribution in [2.24, 2.45) is 0 Å². The SMILES string of the molecule is Cc1c(CNC(C)C(C)(C)O)cccc1[N+](=O)[O-]. The summed E-state index contributed by atoms with van der Waals surface area (Å²) in [6, 6.07) is 4.93. The highest BCUT2D eigenvalue weighted by atomic mass is 16.6. The Labute approximate surface area is 107 Å². The second kappa shape index (κ2) is 5.46. The van der Waals surface area contributed by atoms with Gasteiger partial charge in [-0.1, -0.05) is 12.1 Å². The van der Waals surface area contributed by atoms with E-state index in [1.54, 1.807) is 26.8 Å². The zero-order valence-electron chi connectivity index (χ0n) is 11.2. The van der Waals surface area contributed by atoms with Gasteiger partial charge in [0.1, 0.15) is 0 Å². The number of rotatable bonds is 5. The Morgan fingerprint density at radius 3 is 2.61 bits per heavy atom. The van der Waals surface area contributed by atoms with Gasteiger partial charge in [0, 0.05) is 24.2 Å². The largest absolute Gasteiger partial charge is 0.389 e. The molecule has 0 aromatic heterocycles. The molecule has 0 aliphatic heterocycles. The molecule has 100 valence electrons. The lowest BCUT2D eigenvalue weighted by molar-refractivity contribution is -0.385. The highest BCUT2D eigenvalue weighted by Gasteiger charge is 2.22. The smallest absolute Gasteiger partial charge is 0.272 e. The molecule has 5 nitrogen and oxygen atoms in total. The summed E-state index contributed by atoms with van der Waals surface area (Å²) in [5.41, 5.74) is 0.845. The van der Waals surface area contributed by atoms with Gasteiger partial charge in [-0.3, -0.25) is 10.1 Å². The average Bonchev–Trinajstić information content (AvgIpc) is 2.25. The van der Waals surface area contributed by atoms with Gasteiger partial charge in [-0.25, -0.2) is 0 Å². The normalized spacial score (nSPS) is 13.4. The monoisotopic (exact) mass is 252 g/mol. The van der Waals surface area contributed by atoms with E-state index >= 15 is 0 Å². The molecule has 0 aliphatic carbocycles. The Bertz CT molecular complexity index is 438. The molecule has 1 aromatic rings. The van der Waals surface area contributed by atoms with Crippen LogP contribution in [0, 0.1) is 17.0 Å². The Morgan fingerprint density at radius 1 is 1.50 bits per heavy atom. The van der Waals surface area contributed by atoms with Crippen LogP contribution in [0.2, 0.25) is 0 Å². The van der Waals surface area contributed by atoms with E-state index in [0.29, 0.717) is 12.1 Å². The molecule has 0 fully saturated rings. The summed E-state index contributed by atoms with van der Waals surface area (Å²) in [4.78, 5) is 10.4. The fourth-order valence-electron chi connectivity index (χ4n) is 1.57. The first-order chi connectivity index (χ1) is 8.23. The third kappa shape index (κ3) is 3.51. The van der Waals surface area contributed by atoms with Crippen LogP contribution in [0.25, 0.3) is 0 Å². The van der Waals surface area contributed by atoms with Crippen molar-refractivity contribution in [3.05, 3.63) is 39.4 Å². The molecule has 0 saturated heterocycles. The summed E-state index contributed by atoms with van der Waals surface area (Å²) in [5.74, 6) is 0. The third-order valence-corrected chi connectivity index (χ3v) is 3.27. The summed E-state index contributed by atoms with van der Waals surface area (Å²) in [7, 11) is 0. The van der Waals surface area contributed by atoms with E-state index in [2.05, 4.69) is 5.32 Å². The summed E-state index contributed by atoms with van der Waals surface area (Å²) < 4.78 is 0. The molecule has 1 unspecified atom stereocenters. The molecule has 0 heterocycles. The molecule has 0 bridgehead atoms.